The summed E-state index contributed by atoms with van der Waals surface area (Å²) in [7, 11) is 0. The third kappa shape index (κ3) is 7.30. The van der Waals surface area contributed by atoms with Crippen molar-refractivity contribution >= 4 is 43.6 Å². The van der Waals surface area contributed by atoms with E-state index in [-0.39, 0.29) is 22.5 Å². The predicted molar refractivity (Wildman–Crippen MR) is 231 cm³/mol. The maximum absolute atomic E-state index is 15.1. The molecule has 0 atom stereocenters. The molecule has 0 unspecified atom stereocenters. The standard InChI is InChI=1S/C52H28F12N2/c53-49(54,55)35-17-9-29(10-18-35)31-13-21-39-37-5-1-3-7-43(37)65(45(39)25-31)47-27-33(15-23-41(47)51(59,60)61)34-16-24-42(52(62,63)64)48(28-34)66-44-8-4-2-6-38(44)40-22-14-32(26-46(40)66)30-11-19-36(20-12-30)50(56,57)58/h1-28H. The Kier molecular flexibility index (Phi) is 9.68. The lowest BCUT2D eigenvalue weighted by Crippen LogP contribution is -2.12. The summed E-state index contributed by atoms with van der Waals surface area (Å²) in [5.74, 6) is 0. The lowest BCUT2D eigenvalue weighted by Gasteiger charge is -2.20. The van der Waals surface area contributed by atoms with Crippen molar-refractivity contribution in [3.05, 3.63) is 192 Å². The lowest BCUT2D eigenvalue weighted by atomic mass is 9.98. The monoisotopic (exact) mass is 908 g/mol. The molecule has 2 heterocycles. The molecule has 10 aromatic rings. The van der Waals surface area contributed by atoms with Gasteiger partial charge in [-0.3, -0.25) is 0 Å². The van der Waals surface area contributed by atoms with Crippen LogP contribution in [0, 0.1) is 0 Å². The van der Waals surface area contributed by atoms with Crippen LogP contribution < -0.4 is 0 Å². The molecule has 0 bridgehead atoms. The van der Waals surface area contributed by atoms with Gasteiger partial charge in [0.1, 0.15) is 0 Å². The number of benzene rings is 8. The normalized spacial score (nSPS) is 12.8. The topological polar surface area (TPSA) is 9.86 Å². The largest absolute Gasteiger partial charge is 0.418 e. The summed E-state index contributed by atoms with van der Waals surface area (Å²) in [4.78, 5) is 0. The number of fused-ring (bicyclic) bond motifs is 6. The van der Waals surface area contributed by atoms with Crippen LogP contribution in [0.4, 0.5) is 52.7 Å². The van der Waals surface area contributed by atoms with Gasteiger partial charge in [0.15, 0.2) is 0 Å². The van der Waals surface area contributed by atoms with Crippen LogP contribution in [0.3, 0.4) is 0 Å². The number of hydrogen-bond acceptors (Lipinski definition) is 0. The molecule has 2 nitrogen and oxygen atoms in total. The summed E-state index contributed by atoms with van der Waals surface area (Å²) >= 11 is 0. The van der Waals surface area contributed by atoms with Crippen LogP contribution in [-0.2, 0) is 24.7 Å². The minimum absolute atomic E-state index is 0.129. The van der Waals surface area contributed by atoms with Gasteiger partial charge in [0, 0.05) is 21.5 Å². The predicted octanol–water partition coefficient (Wildman–Crippen LogP) is 17.0. The van der Waals surface area contributed by atoms with Gasteiger partial charge in [0.05, 0.1) is 55.7 Å². The van der Waals surface area contributed by atoms with E-state index in [1.54, 1.807) is 84.9 Å². The average Bonchev–Trinajstić information content (AvgIpc) is 3.79. The van der Waals surface area contributed by atoms with Gasteiger partial charge in [0.2, 0.25) is 0 Å². The number of halogens is 12. The van der Waals surface area contributed by atoms with Gasteiger partial charge in [0.25, 0.3) is 0 Å². The van der Waals surface area contributed by atoms with Crippen molar-refractivity contribution in [3.63, 3.8) is 0 Å². The summed E-state index contributed by atoms with van der Waals surface area (Å²) in [5, 5.41) is 2.23. The van der Waals surface area contributed by atoms with E-state index in [2.05, 4.69) is 0 Å². The Balaban J connectivity index is 1.19. The van der Waals surface area contributed by atoms with Gasteiger partial charge in [-0.15, -0.1) is 0 Å². The Labute approximate surface area is 366 Å². The second-order valence-electron chi connectivity index (χ2n) is 15.8. The molecule has 66 heavy (non-hydrogen) atoms. The highest BCUT2D eigenvalue weighted by molar-refractivity contribution is 6.11. The zero-order valence-corrected chi connectivity index (χ0v) is 33.6. The van der Waals surface area contributed by atoms with Crippen LogP contribution in [0.5, 0.6) is 0 Å². The van der Waals surface area contributed by atoms with E-state index in [1.807, 2.05) is 0 Å². The molecular formula is C52H28F12N2. The van der Waals surface area contributed by atoms with Crippen molar-refractivity contribution in [1.29, 1.82) is 0 Å². The number of rotatable bonds is 5. The van der Waals surface area contributed by atoms with Crippen molar-refractivity contribution in [1.82, 2.24) is 9.13 Å². The first-order chi connectivity index (χ1) is 31.3. The van der Waals surface area contributed by atoms with E-state index in [9.17, 15) is 26.3 Å². The van der Waals surface area contributed by atoms with Crippen molar-refractivity contribution < 1.29 is 52.7 Å². The van der Waals surface area contributed by atoms with Crippen molar-refractivity contribution in [2.45, 2.75) is 24.7 Å². The Morgan fingerprint density at radius 2 is 0.561 bits per heavy atom. The Morgan fingerprint density at radius 3 is 0.909 bits per heavy atom. The second kappa shape index (κ2) is 15.0. The Morgan fingerprint density at radius 1 is 0.258 bits per heavy atom. The zero-order chi connectivity index (χ0) is 46.5. The summed E-state index contributed by atoms with van der Waals surface area (Å²) in [6, 6.07) is 38.5. The average molecular weight is 909 g/mol. The molecule has 0 N–H and O–H groups in total. The third-order valence-corrected chi connectivity index (χ3v) is 11.9. The lowest BCUT2D eigenvalue weighted by molar-refractivity contribution is -0.138. The Hall–Kier alpha value is -7.48. The summed E-state index contributed by atoms with van der Waals surface area (Å²) in [6.45, 7) is 0. The maximum atomic E-state index is 15.1. The first-order valence-corrected chi connectivity index (χ1v) is 20.1. The molecule has 330 valence electrons. The minimum atomic E-state index is -4.92. The van der Waals surface area contributed by atoms with Crippen LogP contribution in [0.15, 0.2) is 170 Å². The fourth-order valence-electron chi connectivity index (χ4n) is 8.79. The highest BCUT2D eigenvalue weighted by Gasteiger charge is 2.37. The van der Waals surface area contributed by atoms with Gasteiger partial charge in [-0.2, -0.15) is 52.7 Å². The molecule has 0 saturated heterocycles. The first-order valence-electron chi connectivity index (χ1n) is 20.1. The SMILES string of the molecule is FC(F)(F)c1ccc(-c2ccc3c4ccccc4n(-c4cc(-c5ccc(C(F)(F)F)c(-n6c7ccccc7c7ccc(-c8ccc(C(F)(F)F)cc8)cc76)c5)ccc4C(F)(F)F)c3c2)cc1. The number of alkyl halides is 12. The molecule has 14 heteroatoms. The molecule has 0 aliphatic rings. The van der Waals surface area contributed by atoms with Gasteiger partial charge in [-0.05, 0) is 106 Å². The van der Waals surface area contributed by atoms with Gasteiger partial charge in [-0.25, -0.2) is 0 Å². The van der Waals surface area contributed by atoms with Crippen LogP contribution in [0.2, 0.25) is 0 Å². The summed E-state index contributed by atoms with van der Waals surface area (Å²) < 4.78 is 174. The molecule has 0 spiro atoms. The van der Waals surface area contributed by atoms with Crippen LogP contribution in [-0.4, -0.2) is 9.13 Å². The minimum Gasteiger partial charge on any atom is -0.309 e. The van der Waals surface area contributed by atoms with Crippen LogP contribution in [0.1, 0.15) is 22.3 Å². The number of para-hydroxylation sites is 2. The first kappa shape index (κ1) is 42.5. The molecule has 0 radical (unpaired) electrons. The molecule has 2 aromatic heterocycles. The molecule has 8 aromatic carbocycles. The van der Waals surface area contributed by atoms with E-state index in [1.165, 1.54) is 57.7 Å². The van der Waals surface area contributed by atoms with Crippen molar-refractivity contribution in [2.75, 3.05) is 0 Å². The Bertz CT molecular complexity index is 3280. The fraction of sp³-hybridized carbons (Fsp3) is 0.0769. The highest BCUT2D eigenvalue weighted by atomic mass is 19.4. The zero-order valence-electron chi connectivity index (χ0n) is 33.6. The number of hydrogen-bond donors (Lipinski definition) is 0. The third-order valence-electron chi connectivity index (χ3n) is 11.9. The van der Waals surface area contributed by atoms with E-state index in [0.717, 1.165) is 36.4 Å². The summed E-state index contributed by atoms with van der Waals surface area (Å²) in [6.07, 6.45) is -19.0. The molecular weight excluding hydrogens is 881 g/mol. The van der Waals surface area contributed by atoms with Crippen LogP contribution in [0.25, 0.3) is 88.4 Å². The van der Waals surface area contributed by atoms with Gasteiger partial charge >= 0.3 is 24.7 Å². The highest BCUT2D eigenvalue weighted by Crippen LogP contribution is 2.45. The van der Waals surface area contributed by atoms with E-state index in [4.69, 9.17) is 0 Å². The van der Waals surface area contributed by atoms with Crippen molar-refractivity contribution in [2.24, 2.45) is 0 Å². The summed E-state index contributed by atoms with van der Waals surface area (Å²) in [5.41, 5.74) is -1.41. The number of nitrogens with zero attached hydrogens (tertiary/aromatic N) is 2. The van der Waals surface area contributed by atoms with E-state index < -0.39 is 47.0 Å². The number of aromatic nitrogens is 2. The van der Waals surface area contributed by atoms with Crippen molar-refractivity contribution in [3.8, 4) is 44.8 Å². The molecule has 0 amide bonds. The molecule has 0 aliphatic carbocycles. The second-order valence-corrected chi connectivity index (χ2v) is 15.8. The van der Waals surface area contributed by atoms with Gasteiger partial charge < -0.3 is 9.13 Å². The van der Waals surface area contributed by atoms with Crippen LogP contribution >= 0.6 is 0 Å². The molecule has 0 fully saturated rings. The quantitative estimate of drug-likeness (QED) is 0.152. The molecule has 0 saturated carbocycles. The molecule has 10 rings (SSSR count). The van der Waals surface area contributed by atoms with Gasteiger partial charge in [-0.1, -0.05) is 97.1 Å². The van der Waals surface area contributed by atoms with E-state index in [0.29, 0.717) is 65.9 Å². The fourth-order valence-corrected chi connectivity index (χ4v) is 8.79. The smallest absolute Gasteiger partial charge is 0.309 e. The maximum Gasteiger partial charge on any atom is 0.418 e. The van der Waals surface area contributed by atoms with E-state index >= 15 is 26.3 Å². The molecule has 0 aliphatic heterocycles.